The molecule has 7 heteroatoms. The smallest absolute Gasteiger partial charge is 0.268 e. The van der Waals surface area contributed by atoms with Crippen LogP contribution in [0.4, 0.5) is 5.82 Å². The lowest BCUT2D eigenvalue weighted by Gasteiger charge is -2.15. The fourth-order valence-electron chi connectivity index (χ4n) is 3.03. The molecule has 0 bridgehead atoms. The van der Waals surface area contributed by atoms with Crippen molar-refractivity contribution in [2.75, 3.05) is 12.3 Å². The Morgan fingerprint density at radius 1 is 1.00 bits per heavy atom. The number of pyridine rings is 1. The quantitative estimate of drug-likeness (QED) is 0.650. The molecule has 0 aliphatic heterocycles. The van der Waals surface area contributed by atoms with Gasteiger partial charge in [-0.1, -0.05) is 35.9 Å². The van der Waals surface area contributed by atoms with E-state index in [0.717, 1.165) is 11.1 Å². The van der Waals surface area contributed by atoms with E-state index in [2.05, 4.69) is 4.98 Å². The fourth-order valence-corrected chi connectivity index (χ4v) is 3.03. The Labute approximate surface area is 173 Å². The summed E-state index contributed by atoms with van der Waals surface area (Å²) in [4.78, 5) is 14.5. The number of H-pyrrole nitrogens is 1. The van der Waals surface area contributed by atoms with Crippen molar-refractivity contribution in [1.29, 1.82) is 10.5 Å². The third-order valence-corrected chi connectivity index (χ3v) is 4.52. The molecule has 1 aromatic heterocycles. The highest BCUT2D eigenvalue weighted by Crippen LogP contribution is 2.36. The summed E-state index contributed by atoms with van der Waals surface area (Å²) in [6.07, 6.45) is 0. The second-order valence-electron chi connectivity index (χ2n) is 6.59. The summed E-state index contributed by atoms with van der Waals surface area (Å²) in [5.74, 6) is 0.860. The standard InChI is InChI=1S/C23H20N4O3/c1-3-29-20-10-16(21-17(11-24)22(26)27-23(28)18(21)12-25)8-9-19(20)30-13-15-6-4-14(2)5-7-15/h4-10H,3,13H2,1-2H3,(H3,26,27,28). The number of benzene rings is 2. The lowest BCUT2D eigenvalue weighted by Crippen LogP contribution is -2.16. The van der Waals surface area contributed by atoms with Crippen molar-refractivity contribution in [3.05, 3.63) is 75.1 Å². The maximum Gasteiger partial charge on any atom is 0.268 e. The summed E-state index contributed by atoms with van der Waals surface area (Å²) in [6.45, 7) is 4.59. The lowest BCUT2D eigenvalue weighted by molar-refractivity contribution is 0.269. The number of ether oxygens (including phenoxy) is 2. The van der Waals surface area contributed by atoms with Gasteiger partial charge in [-0.3, -0.25) is 4.79 Å². The molecule has 2 aromatic carbocycles. The van der Waals surface area contributed by atoms with Crippen molar-refractivity contribution in [1.82, 2.24) is 4.98 Å². The number of nitrogens with two attached hydrogens (primary N) is 1. The minimum absolute atomic E-state index is 0.0296. The van der Waals surface area contributed by atoms with Gasteiger partial charge < -0.3 is 20.2 Å². The van der Waals surface area contributed by atoms with Crippen LogP contribution in [0.2, 0.25) is 0 Å². The molecule has 0 saturated heterocycles. The predicted molar refractivity (Wildman–Crippen MR) is 113 cm³/mol. The molecule has 7 nitrogen and oxygen atoms in total. The molecule has 3 aromatic rings. The van der Waals surface area contributed by atoms with Crippen molar-refractivity contribution in [2.24, 2.45) is 0 Å². The number of rotatable bonds is 6. The van der Waals surface area contributed by atoms with E-state index in [1.54, 1.807) is 18.2 Å². The third kappa shape index (κ3) is 4.11. The van der Waals surface area contributed by atoms with Gasteiger partial charge in [-0.25, -0.2) is 0 Å². The summed E-state index contributed by atoms with van der Waals surface area (Å²) in [7, 11) is 0. The van der Waals surface area contributed by atoms with Gasteiger partial charge in [0.2, 0.25) is 0 Å². The highest BCUT2D eigenvalue weighted by molar-refractivity contribution is 5.81. The fraction of sp³-hybridized carbons (Fsp3) is 0.174. The first-order valence-corrected chi connectivity index (χ1v) is 9.30. The van der Waals surface area contributed by atoms with Gasteiger partial charge in [0.05, 0.1) is 6.61 Å². The molecule has 0 aliphatic rings. The van der Waals surface area contributed by atoms with E-state index in [1.807, 2.05) is 50.3 Å². The van der Waals surface area contributed by atoms with Gasteiger partial charge >= 0.3 is 0 Å². The van der Waals surface area contributed by atoms with Crippen LogP contribution in [-0.2, 0) is 6.61 Å². The number of nitrogens with one attached hydrogen (secondary N) is 1. The number of aromatic amines is 1. The second kappa shape index (κ2) is 8.85. The van der Waals surface area contributed by atoms with Crippen molar-refractivity contribution >= 4 is 5.82 Å². The van der Waals surface area contributed by atoms with Crippen LogP contribution >= 0.6 is 0 Å². The van der Waals surface area contributed by atoms with Gasteiger partial charge in [-0.05, 0) is 37.1 Å². The number of nitriles is 2. The van der Waals surface area contributed by atoms with Crippen molar-refractivity contribution in [3.8, 4) is 34.8 Å². The Bertz CT molecular complexity index is 1220. The first-order chi connectivity index (χ1) is 14.5. The van der Waals surface area contributed by atoms with Crippen LogP contribution in [0.15, 0.2) is 47.3 Å². The van der Waals surface area contributed by atoms with Gasteiger partial charge in [0, 0.05) is 5.56 Å². The SMILES string of the molecule is CCOc1cc(-c2c(C#N)c(N)[nH]c(=O)c2C#N)ccc1OCc1ccc(C)cc1. The van der Waals surface area contributed by atoms with E-state index in [1.165, 1.54) is 0 Å². The van der Waals surface area contributed by atoms with E-state index < -0.39 is 5.56 Å². The number of aromatic nitrogens is 1. The Hall–Kier alpha value is -4.23. The summed E-state index contributed by atoms with van der Waals surface area (Å²) in [6, 6.07) is 16.8. The van der Waals surface area contributed by atoms with E-state index in [-0.39, 0.29) is 22.5 Å². The largest absolute Gasteiger partial charge is 0.490 e. The first-order valence-electron chi connectivity index (χ1n) is 9.30. The molecule has 30 heavy (non-hydrogen) atoms. The lowest BCUT2D eigenvalue weighted by atomic mass is 9.96. The van der Waals surface area contributed by atoms with Gasteiger partial charge in [0.15, 0.2) is 11.5 Å². The topological polar surface area (TPSA) is 125 Å². The molecule has 0 fully saturated rings. The molecule has 3 rings (SSSR count). The molecule has 0 saturated carbocycles. The number of nitrogen functional groups attached to an aromatic ring is 1. The number of aryl methyl sites for hydroxylation is 1. The summed E-state index contributed by atoms with van der Waals surface area (Å²) in [5, 5.41) is 19.0. The number of hydrogen-bond donors (Lipinski definition) is 2. The normalized spacial score (nSPS) is 10.1. The molecule has 150 valence electrons. The van der Waals surface area contributed by atoms with Crippen molar-refractivity contribution in [2.45, 2.75) is 20.5 Å². The van der Waals surface area contributed by atoms with E-state index in [9.17, 15) is 15.3 Å². The Balaban J connectivity index is 2.04. The Morgan fingerprint density at radius 2 is 1.70 bits per heavy atom. The monoisotopic (exact) mass is 400 g/mol. The van der Waals surface area contributed by atoms with Crippen LogP contribution in [0, 0.1) is 29.6 Å². The molecular formula is C23H20N4O3. The highest BCUT2D eigenvalue weighted by atomic mass is 16.5. The van der Waals surface area contributed by atoms with Gasteiger partial charge in [-0.15, -0.1) is 0 Å². The van der Waals surface area contributed by atoms with Crippen LogP contribution in [0.3, 0.4) is 0 Å². The molecule has 0 amide bonds. The number of hydrogen-bond acceptors (Lipinski definition) is 6. The van der Waals surface area contributed by atoms with E-state index >= 15 is 0 Å². The Kier molecular flexibility index (Phi) is 6.05. The predicted octanol–water partition coefficient (Wildman–Crippen LogP) is 3.65. The zero-order valence-corrected chi connectivity index (χ0v) is 16.7. The van der Waals surface area contributed by atoms with Crippen LogP contribution in [0.1, 0.15) is 29.2 Å². The summed E-state index contributed by atoms with van der Waals surface area (Å²) >= 11 is 0. The van der Waals surface area contributed by atoms with Gasteiger partial charge in [0.1, 0.15) is 35.7 Å². The van der Waals surface area contributed by atoms with Crippen molar-refractivity contribution < 1.29 is 9.47 Å². The van der Waals surface area contributed by atoms with Crippen LogP contribution in [0.5, 0.6) is 11.5 Å². The molecule has 0 unspecified atom stereocenters. The summed E-state index contributed by atoms with van der Waals surface area (Å²) < 4.78 is 11.6. The minimum atomic E-state index is -0.651. The zero-order valence-electron chi connectivity index (χ0n) is 16.7. The van der Waals surface area contributed by atoms with Crippen molar-refractivity contribution in [3.63, 3.8) is 0 Å². The second-order valence-corrected chi connectivity index (χ2v) is 6.59. The maximum absolute atomic E-state index is 12.2. The third-order valence-electron chi connectivity index (χ3n) is 4.52. The van der Waals surface area contributed by atoms with E-state index in [4.69, 9.17) is 15.2 Å². The van der Waals surface area contributed by atoms with Crippen LogP contribution < -0.4 is 20.8 Å². The Morgan fingerprint density at radius 3 is 2.33 bits per heavy atom. The molecule has 0 radical (unpaired) electrons. The molecule has 0 spiro atoms. The van der Waals surface area contributed by atoms with Crippen LogP contribution in [-0.4, -0.2) is 11.6 Å². The molecule has 1 heterocycles. The van der Waals surface area contributed by atoms with Gasteiger partial charge in [0.25, 0.3) is 5.56 Å². The molecular weight excluding hydrogens is 380 g/mol. The summed E-state index contributed by atoms with van der Waals surface area (Å²) in [5.41, 5.74) is 7.80. The number of nitrogens with zero attached hydrogens (tertiary/aromatic N) is 2. The highest BCUT2D eigenvalue weighted by Gasteiger charge is 2.19. The van der Waals surface area contributed by atoms with Crippen LogP contribution in [0.25, 0.3) is 11.1 Å². The molecule has 3 N–H and O–H groups in total. The molecule has 0 aliphatic carbocycles. The molecule has 0 atom stereocenters. The average Bonchev–Trinajstić information content (AvgIpc) is 2.73. The first kappa shape index (κ1) is 20.5. The minimum Gasteiger partial charge on any atom is -0.490 e. The average molecular weight is 400 g/mol. The maximum atomic E-state index is 12.2. The zero-order chi connectivity index (χ0) is 21.7. The van der Waals surface area contributed by atoms with Gasteiger partial charge in [-0.2, -0.15) is 10.5 Å². The van der Waals surface area contributed by atoms with E-state index in [0.29, 0.717) is 30.3 Å². The number of anilines is 1.